The van der Waals surface area contributed by atoms with Crippen molar-refractivity contribution in [3.05, 3.63) is 87.2 Å². The van der Waals surface area contributed by atoms with Crippen LogP contribution in [0.5, 0.6) is 0 Å². The largest absolute Gasteiger partial charge is 0.493 e. The summed E-state index contributed by atoms with van der Waals surface area (Å²) in [6.45, 7) is 0.0953. The van der Waals surface area contributed by atoms with Gasteiger partial charge in [-0.15, -0.1) is 0 Å². The highest BCUT2D eigenvalue weighted by molar-refractivity contribution is 5.97. The average molecular weight is 337 g/mol. The molecule has 0 fully saturated rings. The Hall–Kier alpha value is -2.95. The van der Waals surface area contributed by atoms with E-state index in [0.29, 0.717) is 36.2 Å². The molecule has 0 aliphatic heterocycles. The van der Waals surface area contributed by atoms with Gasteiger partial charge in [0.15, 0.2) is 5.78 Å². The molecule has 0 bridgehead atoms. The number of nitrogens with zero attached hydrogens (tertiary/aromatic N) is 1. The topological polar surface area (TPSA) is 69.4 Å². The molecule has 5 nitrogen and oxygen atoms in total. The Morgan fingerprint density at radius 2 is 1.72 bits per heavy atom. The summed E-state index contributed by atoms with van der Waals surface area (Å²) in [5.41, 5.74) is 2.29. The van der Waals surface area contributed by atoms with E-state index < -0.39 is 4.92 Å². The third-order valence-electron chi connectivity index (χ3n) is 4.29. The van der Waals surface area contributed by atoms with Gasteiger partial charge in [-0.1, -0.05) is 42.5 Å². The van der Waals surface area contributed by atoms with Gasteiger partial charge in [0.1, 0.15) is 12.4 Å². The zero-order valence-electron chi connectivity index (χ0n) is 13.8. The molecule has 128 valence electrons. The van der Waals surface area contributed by atoms with Crippen molar-refractivity contribution in [3.8, 4) is 0 Å². The third-order valence-corrected chi connectivity index (χ3v) is 4.29. The molecular formula is C20H19NO4. The standard InChI is InChI=1S/C20H19NO4/c22-19-11-6-12-20(17(19)13-15-7-2-1-3-8-15)25-14-16-9-4-5-10-18(16)21(23)24/h1-5,7-10H,6,11-14H2. The van der Waals surface area contributed by atoms with Crippen molar-refractivity contribution in [2.24, 2.45) is 0 Å². The second-order valence-corrected chi connectivity index (χ2v) is 6.02. The first-order valence-electron chi connectivity index (χ1n) is 8.29. The zero-order chi connectivity index (χ0) is 17.6. The lowest BCUT2D eigenvalue weighted by Gasteiger charge is -2.20. The fourth-order valence-electron chi connectivity index (χ4n) is 3.00. The molecule has 25 heavy (non-hydrogen) atoms. The van der Waals surface area contributed by atoms with Crippen LogP contribution in [0, 0.1) is 10.1 Å². The number of hydrogen-bond donors (Lipinski definition) is 0. The van der Waals surface area contributed by atoms with Gasteiger partial charge in [0.2, 0.25) is 0 Å². The SMILES string of the molecule is O=C1CCCC(OCc2ccccc2[N+](=O)[O-])=C1Cc1ccccc1. The summed E-state index contributed by atoms with van der Waals surface area (Å²) < 4.78 is 5.87. The maximum absolute atomic E-state index is 12.3. The smallest absolute Gasteiger partial charge is 0.276 e. The predicted octanol–water partition coefficient (Wildman–Crippen LogP) is 4.36. The number of carbonyl (C=O) groups excluding carboxylic acids is 1. The van der Waals surface area contributed by atoms with Gasteiger partial charge in [-0.2, -0.15) is 0 Å². The van der Waals surface area contributed by atoms with Crippen LogP contribution in [-0.4, -0.2) is 10.7 Å². The van der Waals surface area contributed by atoms with E-state index >= 15 is 0 Å². The molecular weight excluding hydrogens is 318 g/mol. The molecule has 0 saturated heterocycles. The Labute approximate surface area is 146 Å². The Balaban J connectivity index is 1.82. The van der Waals surface area contributed by atoms with Gasteiger partial charge in [0.25, 0.3) is 5.69 Å². The van der Waals surface area contributed by atoms with E-state index in [2.05, 4.69) is 0 Å². The molecule has 0 saturated carbocycles. The van der Waals surface area contributed by atoms with Crippen molar-refractivity contribution in [2.75, 3.05) is 0 Å². The second-order valence-electron chi connectivity index (χ2n) is 6.02. The van der Waals surface area contributed by atoms with Crippen molar-refractivity contribution in [3.63, 3.8) is 0 Å². The van der Waals surface area contributed by atoms with Crippen LogP contribution < -0.4 is 0 Å². The number of hydrogen-bond acceptors (Lipinski definition) is 4. The predicted molar refractivity (Wildman–Crippen MR) is 93.9 cm³/mol. The first-order chi connectivity index (χ1) is 12.1. The number of ether oxygens (including phenoxy) is 1. The lowest BCUT2D eigenvalue weighted by molar-refractivity contribution is -0.385. The number of ketones is 1. The first-order valence-corrected chi connectivity index (χ1v) is 8.29. The summed E-state index contributed by atoms with van der Waals surface area (Å²) in [5, 5.41) is 11.1. The van der Waals surface area contributed by atoms with Gasteiger partial charge in [-0.3, -0.25) is 14.9 Å². The molecule has 0 amide bonds. The number of rotatable bonds is 6. The number of nitro groups is 1. The van der Waals surface area contributed by atoms with Crippen LogP contribution in [0.1, 0.15) is 30.4 Å². The number of Topliss-reactive ketones (excluding diaryl/α,β-unsaturated/α-hetero) is 1. The minimum atomic E-state index is -0.413. The van der Waals surface area contributed by atoms with Crippen molar-refractivity contribution in [2.45, 2.75) is 32.3 Å². The molecule has 0 atom stereocenters. The highest BCUT2D eigenvalue weighted by atomic mass is 16.6. The summed E-state index contributed by atoms with van der Waals surface area (Å²) in [4.78, 5) is 23.1. The molecule has 2 aromatic carbocycles. The third kappa shape index (κ3) is 4.12. The van der Waals surface area contributed by atoms with E-state index in [1.165, 1.54) is 6.07 Å². The Kier molecular flexibility index (Phi) is 5.23. The second kappa shape index (κ2) is 7.75. The lowest BCUT2D eigenvalue weighted by atomic mass is 9.91. The van der Waals surface area contributed by atoms with Crippen molar-refractivity contribution < 1.29 is 14.5 Å². The van der Waals surface area contributed by atoms with Gasteiger partial charge in [0.05, 0.1) is 10.5 Å². The maximum atomic E-state index is 12.3. The number of carbonyl (C=O) groups is 1. The van der Waals surface area contributed by atoms with E-state index in [1.807, 2.05) is 30.3 Å². The summed E-state index contributed by atoms with van der Waals surface area (Å²) in [6.07, 6.45) is 2.50. The Morgan fingerprint density at radius 3 is 2.48 bits per heavy atom. The molecule has 2 aromatic rings. The minimum absolute atomic E-state index is 0.0369. The summed E-state index contributed by atoms with van der Waals surface area (Å²) >= 11 is 0. The van der Waals surface area contributed by atoms with Gasteiger partial charge in [0, 0.05) is 30.9 Å². The van der Waals surface area contributed by atoms with E-state index in [1.54, 1.807) is 18.2 Å². The van der Waals surface area contributed by atoms with Gasteiger partial charge in [-0.05, 0) is 18.1 Å². The van der Waals surface area contributed by atoms with E-state index in [0.717, 1.165) is 12.0 Å². The first kappa shape index (κ1) is 16.9. The molecule has 0 unspecified atom stereocenters. The van der Waals surface area contributed by atoms with Gasteiger partial charge >= 0.3 is 0 Å². The molecule has 0 spiro atoms. The summed E-state index contributed by atoms with van der Waals surface area (Å²) in [7, 11) is 0. The number of nitro benzene ring substituents is 1. The lowest BCUT2D eigenvalue weighted by Crippen LogP contribution is -2.15. The Morgan fingerprint density at radius 1 is 1.00 bits per heavy atom. The highest BCUT2D eigenvalue weighted by Crippen LogP contribution is 2.28. The van der Waals surface area contributed by atoms with Crippen LogP contribution in [0.25, 0.3) is 0 Å². The molecule has 0 N–H and O–H groups in total. The normalized spacial score (nSPS) is 14.5. The Bertz CT molecular complexity index is 811. The van der Waals surface area contributed by atoms with E-state index in [-0.39, 0.29) is 18.1 Å². The van der Waals surface area contributed by atoms with Crippen LogP contribution in [0.2, 0.25) is 0 Å². The van der Waals surface area contributed by atoms with Crippen molar-refractivity contribution >= 4 is 11.5 Å². The molecule has 0 aromatic heterocycles. The molecule has 1 aliphatic rings. The molecule has 0 heterocycles. The zero-order valence-corrected chi connectivity index (χ0v) is 13.8. The average Bonchev–Trinajstić information content (AvgIpc) is 2.63. The molecule has 5 heteroatoms. The number of para-hydroxylation sites is 1. The monoisotopic (exact) mass is 337 g/mol. The maximum Gasteiger partial charge on any atom is 0.276 e. The quantitative estimate of drug-likeness (QED) is 0.580. The summed E-state index contributed by atoms with van der Waals surface area (Å²) in [6, 6.07) is 16.3. The van der Waals surface area contributed by atoms with Gasteiger partial charge < -0.3 is 4.74 Å². The van der Waals surface area contributed by atoms with Crippen LogP contribution in [0.15, 0.2) is 65.9 Å². The summed E-state index contributed by atoms with van der Waals surface area (Å²) in [5.74, 6) is 0.769. The molecule has 1 aliphatic carbocycles. The highest BCUT2D eigenvalue weighted by Gasteiger charge is 2.23. The van der Waals surface area contributed by atoms with Crippen LogP contribution in [-0.2, 0) is 22.6 Å². The van der Waals surface area contributed by atoms with E-state index in [4.69, 9.17) is 4.74 Å². The van der Waals surface area contributed by atoms with E-state index in [9.17, 15) is 14.9 Å². The molecule has 3 rings (SSSR count). The fourth-order valence-corrected chi connectivity index (χ4v) is 3.00. The van der Waals surface area contributed by atoms with Crippen molar-refractivity contribution in [1.82, 2.24) is 0 Å². The fraction of sp³-hybridized carbons (Fsp3) is 0.250. The number of allylic oxidation sites excluding steroid dienone is 2. The van der Waals surface area contributed by atoms with Gasteiger partial charge in [-0.25, -0.2) is 0 Å². The van der Waals surface area contributed by atoms with Crippen LogP contribution >= 0.6 is 0 Å². The van der Waals surface area contributed by atoms with Crippen LogP contribution in [0.3, 0.4) is 0 Å². The van der Waals surface area contributed by atoms with Crippen molar-refractivity contribution in [1.29, 1.82) is 0 Å². The number of benzene rings is 2. The van der Waals surface area contributed by atoms with Crippen LogP contribution in [0.4, 0.5) is 5.69 Å². The molecule has 0 radical (unpaired) electrons. The minimum Gasteiger partial charge on any atom is -0.493 e.